The van der Waals surface area contributed by atoms with Gasteiger partial charge in [-0.3, -0.25) is 9.98 Å². The van der Waals surface area contributed by atoms with E-state index in [-0.39, 0.29) is 23.9 Å². The first-order valence-electron chi connectivity index (χ1n) is 4.98. The lowest BCUT2D eigenvalue weighted by Gasteiger charge is -2.37. The molecule has 0 aromatic rings. The molecule has 4 bridgehead atoms. The molecule has 0 amide bonds. The molecule has 4 nitrogen and oxygen atoms in total. The molecule has 6 heteroatoms. The molecule has 5 heterocycles. The molecule has 4 N–H and O–H groups in total. The van der Waals surface area contributed by atoms with Gasteiger partial charge < -0.3 is 11.5 Å². The van der Waals surface area contributed by atoms with Crippen LogP contribution in [0.1, 0.15) is 0 Å². The van der Waals surface area contributed by atoms with Crippen molar-refractivity contribution in [2.24, 2.45) is 33.3 Å². The molecule has 1 aliphatic carbocycles. The normalized spacial score (nSPS) is 40.6. The van der Waals surface area contributed by atoms with Crippen molar-refractivity contribution < 1.29 is 0 Å². The number of halogens is 2. The zero-order chi connectivity index (χ0) is 11.4. The summed E-state index contributed by atoms with van der Waals surface area (Å²) < 4.78 is 0. The molecule has 0 radical (unpaired) electrons. The molecule has 0 saturated carbocycles. The zero-order valence-electron chi connectivity index (χ0n) is 8.27. The van der Waals surface area contributed by atoms with Crippen LogP contribution in [0.3, 0.4) is 0 Å². The summed E-state index contributed by atoms with van der Waals surface area (Å²) in [7, 11) is 0. The van der Waals surface area contributed by atoms with E-state index in [1.807, 2.05) is 12.2 Å². The number of hydrogen-bond acceptors (Lipinski definition) is 4. The highest BCUT2D eigenvalue weighted by atomic mass is 35.5. The minimum atomic E-state index is -0.267. The molecule has 0 aromatic heterocycles. The van der Waals surface area contributed by atoms with Gasteiger partial charge in [0.15, 0.2) is 0 Å². The number of aliphatic imine (C=N–C) groups is 2. The van der Waals surface area contributed by atoms with Crippen molar-refractivity contribution in [2.75, 3.05) is 0 Å². The summed E-state index contributed by atoms with van der Waals surface area (Å²) in [5, 5.41) is 1.35. The Kier molecular flexibility index (Phi) is 2.06. The van der Waals surface area contributed by atoms with E-state index in [0.717, 1.165) is 0 Å². The van der Waals surface area contributed by atoms with Crippen LogP contribution in [0.2, 0.25) is 0 Å². The molecule has 84 valence electrons. The zero-order valence-corrected chi connectivity index (χ0v) is 9.78. The average molecular weight is 257 g/mol. The van der Waals surface area contributed by atoms with E-state index in [9.17, 15) is 0 Å². The van der Waals surface area contributed by atoms with Gasteiger partial charge in [-0.05, 0) is 0 Å². The quantitative estimate of drug-likeness (QED) is 0.678. The predicted molar refractivity (Wildman–Crippen MR) is 65.7 cm³/mol. The summed E-state index contributed by atoms with van der Waals surface area (Å²) in [4.78, 5) is 8.77. The number of nitrogens with zero attached hydrogens (tertiary/aromatic N) is 2. The molecule has 4 unspecified atom stereocenters. The second-order valence-electron chi connectivity index (χ2n) is 4.15. The SMILES string of the molecule is NC1=NC2C(Cl)=CC1C1N=C(N)C2C=C1Cl. The molecular formula is C10H10Cl2N4. The lowest BCUT2D eigenvalue weighted by molar-refractivity contribution is 0.577. The number of nitrogens with two attached hydrogens (primary N) is 2. The molecular weight excluding hydrogens is 247 g/mol. The topological polar surface area (TPSA) is 76.8 Å². The summed E-state index contributed by atoms with van der Waals surface area (Å²) in [6.07, 6.45) is 3.77. The van der Waals surface area contributed by atoms with E-state index < -0.39 is 0 Å². The van der Waals surface area contributed by atoms with Gasteiger partial charge in [0.05, 0.1) is 11.8 Å². The number of rotatable bonds is 0. The molecule has 6 rings (SSSR count). The lowest BCUT2D eigenvalue weighted by Crippen LogP contribution is -2.47. The molecule has 16 heavy (non-hydrogen) atoms. The fourth-order valence-corrected chi connectivity index (χ4v) is 2.98. The lowest BCUT2D eigenvalue weighted by atomic mass is 9.83. The molecule has 0 spiro atoms. The molecule has 0 saturated heterocycles. The van der Waals surface area contributed by atoms with Gasteiger partial charge in [0, 0.05) is 10.1 Å². The van der Waals surface area contributed by atoms with Gasteiger partial charge in [-0.15, -0.1) is 0 Å². The Labute approximate surface area is 103 Å². The maximum Gasteiger partial charge on any atom is 0.104 e. The average Bonchev–Trinajstić information content (AvgIpc) is 2.23. The van der Waals surface area contributed by atoms with E-state index in [1.54, 1.807) is 0 Å². The first-order chi connectivity index (χ1) is 7.58. The molecule has 0 fully saturated rings. The van der Waals surface area contributed by atoms with Crippen LogP contribution in [0.4, 0.5) is 0 Å². The molecule has 6 aliphatic rings. The Morgan fingerprint density at radius 2 is 1.25 bits per heavy atom. The molecule has 0 aromatic carbocycles. The van der Waals surface area contributed by atoms with E-state index in [2.05, 4.69) is 9.98 Å². The fourth-order valence-electron chi connectivity index (χ4n) is 2.34. The highest BCUT2D eigenvalue weighted by Crippen LogP contribution is 2.39. The van der Waals surface area contributed by atoms with Gasteiger partial charge in [0.1, 0.15) is 23.8 Å². The van der Waals surface area contributed by atoms with E-state index in [0.29, 0.717) is 21.7 Å². The van der Waals surface area contributed by atoms with Crippen molar-refractivity contribution in [3.05, 3.63) is 22.2 Å². The smallest absolute Gasteiger partial charge is 0.104 e. The Morgan fingerprint density at radius 1 is 0.875 bits per heavy atom. The van der Waals surface area contributed by atoms with Crippen LogP contribution in [0.5, 0.6) is 0 Å². The van der Waals surface area contributed by atoms with Crippen molar-refractivity contribution in [1.82, 2.24) is 0 Å². The van der Waals surface area contributed by atoms with Gasteiger partial charge in [-0.25, -0.2) is 0 Å². The Balaban J connectivity index is 2.19. The predicted octanol–water partition coefficient (Wildman–Crippen LogP) is 0.957. The Bertz CT molecular complexity index is 389. The van der Waals surface area contributed by atoms with E-state index >= 15 is 0 Å². The number of amidine groups is 2. The third-order valence-corrected chi connectivity index (χ3v) is 3.88. The Hall–Kier alpha value is -1.00. The van der Waals surface area contributed by atoms with Crippen molar-refractivity contribution >= 4 is 34.9 Å². The standard InChI is InChI=1S/C10H10Cl2N4/c11-5-1-3-7-6(12)2-4(10(14)15-7)8(5)16-9(3)13/h1-4,7-8H,(H2,13,16)(H2,14,15). The third-order valence-electron chi connectivity index (χ3n) is 3.18. The van der Waals surface area contributed by atoms with Gasteiger partial charge in [0.25, 0.3) is 0 Å². The highest BCUT2D eigenvalue weighted by molar-refractivity contribution is 6.33. The minimum Gasteiger partial charge on any atom is -0.387 e. The summed E-state index contributed by atoms with van der Waals surface area (Å²) in [5.41, 5.74) is 11.8. The summed E-state index contributed by atoms with van der Waals surface area (Å²) >= 11 is 12.4. The van der Waals surface area contributed by atoms with Gasteiger partial charge in [0.2, 0.25) is 0 Å². The fraction of sp³-hybridized carbons (Fsp3) is 0.400. The number of dihydropyridines is 2. The van der Waals surface area contributed by atoms with Gasteiger partial charge in [-0.1, -0.05) is 35.4 Å². The van der Waals surface area contributed by atoms with E-state index in [4.69, 9.17) is 34.7 Å². The first kappa shape index (κ1) is 10.2. The summed E-state index contributed by atoms with van der Waals surface area (Å²) in [5.74, 6) is 0.721. The van der Waals surface area contributed by atoms with Crippen LogP contribution in [0.25, 0.3) is 0 Å². The maximum atomic E-state index is 6.18. The van der Waals surface area contributed by atoms with Gasteiger partial charge >= 0.3 is 0 Å². The summed E-state index contributed by atoms with van der Waals surface area (Å²) in [6, 6.07) is -0.534. The summed E-state index contributed by atoms with van der Waals surface area (Å²) in [6.45, 7) is 0. The highest BCUT2D eigenvalue weighted by Gasteiger charge is 2.41. The largest absolute Gasteiger partial charge is 0.387 e. The second kappa shape index (κ2) is 3.25. The van der Waals surface area contributed by atoms with Crippen molar-refractivity contribution in [3.63, 3.8) is 0 Å². The van der Waals surface area contributed by atoms with Crippen LogP contribution in [-0.2, 0) is 0 Å². The molecule has 4 atom stereocenters. The van der Waals surface area contributed by atoms with Crippen molar-refractivity contribution in [2.45, 2.75) is 12.1 Å². The number of hydrogen-bond donors (Lipinski definition) is 2. The maximum absolute atomic E-state index is 6.18. The van der Waals surface area contributed by atoms with Crippen molar-refractivity contribution in [1.29, 1.82) is 0 Å². The van der Waals surface area contributed by atoms with Crippen molar-refractivity contribution in [3.8, 4) is 0 Å². The van der Waals surface area contributed by atoms with Crippen LogP contribution in [0.15, 0.2) is 32.2 Å². The minimum absolute atomic E-state index is 0.174. The van der Waals surface area contributed by atoms with Crippen LogP contribution >= 0.6 is 23.2 Å². The van der Waals surface area contributed by atoms with Crippen LogP contribution in [-0.4, -0.2) is 23.8 Å². The van der Waals surface area contributed by atoms with Crippen LogP contribution < -0.4 is 11.5 Å². The van der Waals surface area contributed by atoms with E-state index in [1.165, 1.54) is 0 Å². The second-order valence-corrected chi connectivity index (χ2v) is 5.03. The molecule has 5 aliphatic heterocycles. The van der Waals surface area contributed by atoms with Gasteiger partial charge in [-0.2, -0.15) is 0 Å². The monoisotopic (exact) mass is 256 g/mol. The van der Waals surface area contributed by atoms with Crippen LogP contribution in [0, 0.1) is 11.8 Å². The third kappa shape index (κ3) is 1.23. The first-order valence-corrected chi connectivity index (χ1v) is 5.74. The Morgan fingerprint density at radius 3 is 1.62 bits per heavy atom.